The number of alkyl halides is 2. The molecule has 0 radical (unpaired) electrons. The number of Topliss-reactive ketones (excluding diaryl/α,β-unsaturated/α-hetero) is 1. The Morgan fingerprint density at radius 1 is 1.27 bits per heavy atom. The lowest BCUT2D eigenvalue weighted by Gasteiger charge is -2.04. The van der Waals surface area contributed by atoms with Crippen LogP contribution in [0.25, 0.3) is 0 Å². The van der Waals surface area contributed by atoms with E-state index in [0.29, 0.717) is 0 Å². The maximum atomic E-state index is 10.2. The summed E-state index contributed by atoms with van der Waals surface area (Å²) >= 11 is 10.0. The fraction of sp³-hybridized carbons (Fsp3) is 0.625. The molecule has 7 heteroatoms. The van der Waals surface area contributed by atoms with Gasteiger partial charge in [0.25, 0.3) is 0 Å². The van der Waals surface area contributed by atoms with Gasteiger partial charge in [-0.05, 0) is 6.92 Å². The summed E-state index contributed by atoms with van der Waals surface area (Å²) in [5.74, 6) is -1.42. The smallest absolute Gasteiger partial charge is 0.325 e. The van der Waals surface area contributed by atoms with E-state index in [1.54, 1.807) is 0 Å². The van der Waals surface area contributed by atoms with E-state index in [1.165, 1.54) is 13.8 Å². The van der Waals surface area contributed by atoms with E-state index >= 15 is 0 Å². The van der Waals surface area contributed by atoms with Crippen LogP contribution < -0.4 is 5.32 Å². The van der Waals surface area contributed by atoms with Crippen LogP contribution in [0.2, 0.25) is 0 Å². The first-order chi connectivity index (χ1) is 6.84. The van der Waals surface area contributed by atoms with Crippen LogP contribution in [0.5, 0.6) is 0 Å². The molecule has 15 heavy (non-hydrogen) atoms. The number of carboxylic acid groups (broad SMARTS) is 1. The van der Waals surface area contributed by atoms with Crippen molar-refractivity contribution >= 4 is 40.9 Å². The Balaban J connectivity index is 0. The number of carboxylic acids is 1. The van der Waals surface area contributed by atoms with Gasteiger partial charge in [0.2, 0.25) is 5.91 Å². The first-order valence-electron chi connectivity index (χ1n) is 3.98. The predicted molar refractivity (Wildman–Crippen MR) is 57.4 cm³/mol. The molecule has 0 unspecified atom stereocenters. The van der Waals surface area contributed by atoms with Gasteiger partial charge in [0.1, 0.15) is 6.04 Å². The van der Waals surface area contributed by atoms with Gasteiger partial charge in [-0.3, -0.25) is 14.4 Å². The normalized spacial score (nSPS) is 10.7. The van der Waals surface area contributed by atoms with Crippen molar-refractivity contribution in [2.45, 2.75) is 19.9 Å². The molecule has 0 aliphatic rings. The Labute approximate surface area is 97.7 Å². The molecule has 0 saturated carbocycles. The molecule has 0 aromatic carbocycles. The van der Waals surface area contributed by atoms with Crippen molar-refractivity contribution in [1.29, 1.82) is 0 Å². The molecular formula is C8H13Cl2NO4. The number of carbonyl (C=O) groups excluding carboxylic acids is 2. The van der Waals surface area contributed by atoms with Gasteiger partial charge in [0.05, 0.1) is 11.8 Å². The van der Waals surface area contributed by atoms with Gasteiger partial charge >= 0.3 is 5.97 Å². The van der Waals surface area contributed by atoms with E-state index < -0.39 is 12.0 Å². The number of carbonyl (C=O) groups is 3. The highest BCUT2D eigenvalue weighted by Crippen LogP contribution is 1.80. The number of halogens is 2. The zero-order valence-electron chi connectivity index (χ0n) is 8.42. The van der Waals surface area contributed by atoms with Gasteiger partial charge in [0.15, 0.2) is 5.78 Å². The van der Waals surface area contributed by atoms with Crippen molar-refractivity contribution in [1.82, 2.24) is 5.32 Å². The summed E-state index contributed by atoms with van der Waals surface area (Å²) in [6.07, 6.45) is 0. The van der Waals surface area contributed by atoms with E-state index in [1.807, 2.05) is 0 Å². The summed E-state index contributed by atoms with van der Waals surface area (Å²) in [5, 5.41) is 10.4. The molecule has 0 aromatic rings. The van der Waals surface area contributed by atoms with Gasteiger partial charge in [-0.15, -0.1) is 23.2 Å². The first kappa shape index (κ1) is 16.6. The molecule has 5 nitrogen and oxygen atoms in total. The zero-order chi connectivity index (χ0) is 12.4. The molecular weight excluding hydrogens is 245 g/mol. The molecule has 0 rings (SSSR count). The molecule has 0 aliphatic carbocycles. The highest BCUT2D eigenvalue weighted by Gasteiger charge is 2.09. The van der Waals surface area contributed by atoms with Crippen molar-refractivity contribution in [3.63, 3.8) is 0 Å². The molecule has 1 atom stereocenters. The Kier molecular flexibility index (Phi) is 10.8. The Bertz CT molecular complexity index is 227. The first-order valence-corrected chi connectivity index (χ1v) is 5.05. The quantitative estimate of drug-likeness (QED) is 0.724. The fourth-order valence-corrected chi connectivity index (χ4v) is 0.688. The maximum Gasteiger partial charge on any atom is 0.325 e. The lowest BCUT2D eigenvalue weighted by Crippen LogP contribution is -2.36. The molecule has 0 bridgehead atoms. The molecule has 0 fully saturated rings. The summed E-state index contributed by atoms with van der Waals surface area (Å²) in [6.45, 7) is 2.68. The molecule has 0 heterocycles. The van der Waals surface area contributed by atoms with Gasteiger partial charge < -0.3 is 10.4 Å². The summed E-state index contributed by atoms with van der Waals surface area (Å²) in [4.78, 5) is 30.1. The number of nitrogens with one attached hydrogen (secondary N) is 1. The van der Waals surface area contributed by atoms with E-state index in [9.17, 15) is 14.4 Å². The minimum absolute atomic E-state index is 0.0312. The highest BCUT2D eigenvalue weighted by molar-refractivity contribution is 6.35. The average molecular weight is 258 g/mol. The van der Waals surface area contributed by atoms with Gasteiger partial charge in [-0.25, -0.2) is 0 Å². The summed E-state index contributed by atoms with van der Waals surface area (Å²) in [6, 6.07) is -0.789. The molecule has 2 N–H and O–H groups in total. The van der Waals surface area contributed by atoms with Gasteiger partial charge in [-0.2, -0.15) is 0 Å². The van der Waals surface area contributed by atoms with Crippen LogP contribution in [0.1, 0.15) is 13.8 Å². The van der Waals surface area contributed by atoms with Crippen LogP contribution in [-0.4, -0.2) is 40.6 Å². The molecule has 0 saturated heterocycles. The number of rotatable bonds is 4. The average Bonchev–Trinajstić information content (AvgIpc) is 2.16. The van der Waals surface area contributed by atoms with Crippen LogP contribution in [0.3, 0.4) is 0 Å². The second kappa shape index (κ2) is 9.73. The lowest BCUT2D eigenvalue weighted by molar-refractivity contribution is -0.141. The molecule has 0 spiro atoms. The minimum atomic E-state index is -1.02. The molecule has 0 aliphatic heterocycles. The third-order valence-corrected chi connectivity index (χ3v) is 1.68. The summed E-state index contributed by atoms with van der Waals surface area (Å²) < 4.78 is 0. The zero-order valence-corrected chi connectivity index (χ0v) is 9.93. The summed E-state index contributed by atoms with van der Waals surface area (Å²) in [7, 11) is 0. The van der Waals surface area contributed by atoms with Crippen LogP contribution in [0.15, 0.2) is 0 Å². The Hall–Kier alpha value is -0.810. The standard InChI is InChI=1S/C5H9NO3.C3H4Cl2O/c1-3(5(8)9)6-4(2)7;4-1-3(6)2-5/h3H,1-2H3,(H,6,7)(H,8,9);1-2H2/t3-;/m0./s1. The highest BCUT2D eigenvalue weighted by atomic mass is 35.5. The van der Waals surface area contributed by atoms with Crippen LogP contribution in [-0.2, 0) is 14.4 Å². The number of hydrogen-bond donors (Lipinski definition) is 2. The monoisotopic (exact) mass is 257 g/mol. The molecule has 0 aromatic heterocycles. The largest absolute Gasteiger partial charge is 0.480 e. The SMILES string of the molecule is CC(=O)N[C@@H](C)C(=O)O.O=C(CCl)CCl. The molecule has 1 amide bonds. The van der Waals surface area contributed by atoms with Crippen molar-refractivity contribution < 1.29 is 19.5 Å². The Morgan fingerprint density at radius 3 is 1.73 bits per heavy atom. The number of hydrogen-bond acceptors (Lipinski definition) is 3. The van der Waals surface area contributed by atoms with Crippen LogP contribution >= 0.6 is 23.2 Å². The molecule has 88 valence electrons. The number of ketones is 1. The van der Waals surface area contributed by atoms with Crippen LogP contribution in [0, 0.1) is 0 Å². The van der Waals surface area contributed by atoms with Crippen LogP contribution in [0.4, 0.5) is 0 Å². The number of aliphatic carboxylic acids is 1. The number of amides is 1. The topological polar surface area (TPSA) is 83.5 Å². The van der Waals surface area contributed by atoms with Crippen molar-refractivity contribution in [3.05, 3.63) is 0 Å². The van der Waals surface area contributed by atoms with Gasteiger partial charge in [-0.1, -0.05) is 0 Å². The van der Waals surface area contributed by atoms with Crippen molar-refractivity contribution in [2.24, 2.45) is 0 Å². The van der Waals surface area contributed by atoms with E-state index in [2.05, 4.69) is 5.32 Å². The van der Waals surface area contributed by atoms with Crippen molar-refractivity contribution in [3.8, 4) is 0 Å². The van der Waals surface area contributed by atoms with E-state index in [0.717, 1.165) is 0 Å². The third-order valence-electron chi connectivity index (χ3n) is 1.09. The predicted octanol–water partition coefficient (Wildman–Crippen LogP) is 0.629. The Morgan fingerprint density at radius 2 is 1.67 bits per heavy atom. The summed E-state index contributed by atoms with van der Waals surface area (Å²) in [5.41, 5.74) is 0. The second-order valence-electron chi connectivity index (χ2n) is 2.57. The van der Waals surface area contributed by atoms with Crippen molar-refractivity contribution in [2.75, 3.05) is 11.8 Å². The van der Waals surface area contributed by atoms with Gasteiger partial charge in [0, 0.05) is 6.92 Å². The minimum Gasteiger partial charge on any atom is -0.480 e. The van der Waals surface area contributed by atoms with E-state index in [-0.39, 0.29) is 23.5 Å². The fourth-order valence-electron chi connectivity index (χ4n) is 0.402. The van der Waals surface area contributed by atoms with E-state index in [4.69, 9.17) is 28.3 Å². The maximum absolute atomic E-state index is 10.2. The second-order valence-corrected chi connectivity index (χ2v) is 3.10. The third kappa shape index (κ3) is 13.2. The lowest BCUT2D eigenvalue weighted by atomic mass is 10.3.